The van der Waals surface area contributed by atoms with Crippen LogP contribution in [0.25, 0.3) is 0 Å². The van der Waals surface area contributed by atoms with Crippen molar-refractivity contribution in [2.45, 2.75) is 51.9 Å². The maximum atomic E-state index is 13.7. The molecule has 0 aliphatic carbocycles. The first-order valence-electron chi connectivity index (χ1n) is 9.14. The SMILES string of the molecule is Cc1ccc([C@H](N(C)C(=O)[C@H]2CC(=O)N(C(=O)OC(C)(C)C)C2)C(F)(F)F)cc1. The minimum absolute atomic E-state index is 0.0766. The molecule has 0 radical (unpaired) electrons. The fourth-order valence-electron chi connectivity index (χ4n) is 3.16. The van der Waals surface area contributed by atoms with Crippen LogP contribution in [0.2, 0.25) is 0 Å². The number of carbonyl (C=O) groups excluding carboxylic acids is 3. The summed E-state index contributed by atoms with van der Waals surface area (Å²) >= 11 is 0. The number of imide groups is 1. The van der Waals surface area contributed by atoms with Gasteiger partial charge in [-0.15, -0.1) is 0 Å². The molecule has 29 heavy (non-hydrogen) atoms. The number of halogens is 3. The lowest BCUT2D eigenvalue weighted by Gasteiger charge is -2.32. The number of hydrogen-bond acceptors (Lipinski definition) is 4. The maximum Gasteiger partial charge on any atom is 0.417 e. The molecule has 2 atom stereocenters. The molecule has 0 bridgehead atoms. The molecule has 1 aliphatic rings. The molecule has 0 N–H and O–H groups in total. The fraction of sp³-hybridized carbons (Fsp3) is 0.550. The van der Waals surface area contributed by atoms with Gasteiger partial charge < -0.3 is 9.64 Å². The van der Waals surface area contributed by atoms with Gasteiger partial charge in [0, 0.05) is 20.0 Å². The van der Waals surface area contributed by atoms with Crippen molar-refractivity contribution in [2.75, 3.05) is 13.6 Å². The van der Waals surface area contributed by atoms with Crippen LogP contribution in [0.5, 0.6) is 0 Å². The van der Waals surface area contributed by atoms with Gasteiger partial charge in [0.2, 0.25) is 11.8 Å². The first-order chi connectivity index (χ1) is 13.2. The molecule has 1 saturated heterocycles. The van der Waals surface area contributed by atoms with Crippen molar-refractivity contribution in [1.29, 1.82) is 0 Å². The normalized spacial score (nSPS) is 18.6. The average Bonchev–Trinajstić information content (AvgIpc) is 2.95. The topological polar surface area (TPSA) is 66.9 Å². The highest BCUT2D eigenvalue weighted by Gasteiger charge is 2.48. The van der Waals surface area contributed by atoms with Gasteiger partial charge >= 0.3 is 12.3 Å². The van der Waals surface area contributed by atoms with Gasteiger partial charge in [0.05, 0.1) is 5.92 Å². The average molecular weight is 414 g/mol. The molecule has 1 aromatic rings. The van der Waals surface area contributed by atoms with Gasteiger partial charge in [-0.2, -0.15) is 13.2 Å². The summed E-state index contributed by atoms with van der Waals surface area (Å²) in [5.74, 6) is -2.56. The Bertz CT molecular complexity index is 784. The lowest BCUT2D eigenvalue weighted by molar-refractivity contribution is -0.190. The largest absolute Gasteiger partial charge is 0.443 e. The second-order valence-electron chi connectivity index (χ2n) is 8.19. The van der Waals surface area contributed by atoms with Crippen molar-refractivity contribution in [2.24, 2.45) is 5.92 Å². The van der Waals surface area contributed by atoms with Crippen molar-refractivity contribution >= 4 is 17.9 Å². The van der Waals surface area contributed by atoms with E-state index in [1.54, 1.807) is 27.7 Å². The zero-order valence-corrected chi connectivity index (χ0v) is 17.0. The molecular formula is C20H25F3N2O4. The summed E-state index contributed by atoms with van der Waals surface area (Å²) < 4.78 is 46.3. The molecule has 3 amide bonds. The van der Waals surface area contributed by atoms with E-state index >= 15 is 0 Å². The fourth-order valence-corrected chi connectivity index (χ4v) is 3.16. The van der Waals surface area contributed by atoms with Crippen molar-refractivity contribution < 1.29 is 32.3 Å². The van der Waals surface area contributed by atoms with Crippen LogP contribution in [0, 0.1) is 12.8 Å². The number of amides is 3. The standard InChI is InChI=1S/C20H25F3N2O4/c1-12-6-8-13(9-7-12)16(20(21,22)23)24(5)17(27)14-10-15(26)25(11-14)18(28)29-19(2,3)4/h6-9,14,16H,10-11H2,1-5H3/t14-,16-/m0/s1. The minimum Gasteiger partial charge on any atom is -0.443 e. The van der Waals surface area contributed by atoms with Gasteiger partial charge in [-0.25, -0.2) is 9.69 Å². The Kier molecular flexibility index (Phi) is 6.30. The lowest BCUT2D eigenvalue weighted by Crippen LogP contribution is -2.43. The van der Waals surface area contributed by atoms with Crippen LogP contribution in [-0.4, -0.2) is 53.1 Å². The molecule has 0 spiro atoms. The van der Waals surface area contributed by atoms with Crippen LogP contribution in [0.4, 0.5) is 18.0 Å². The van der Waals surface area contributed by atoms with Crippen molar-refractivity contribution in [3.05, 3.63) is 35.4 Å². The van der Waals surface area contributed by atoms with E-state index in [1.807, 2.05) is 0 Å². The summed E-state index contributed by atoms with van der Waals surface area (Å²) in [5.41, 5.74) is -0.131. The molecule has 160 valence electrons. The Morgan fingerprint density at radius 1 is 1.17 bits per heavy atom. The number of benzene rings is 1. The summed E-state index contributed by atoms with van der Waals surface area (Å²) in [6, 6.07) is 3.57. The predicted molar refractivity (Wildman–Crippen MR) is 98.8 cm³/mol. The highest BCUT2D eigenvalue weighted by atomic mass is 19.4. The number of nitrogens with zero attached hydrogens (tertiary/aromatic N) is 2. The van der Waals surface area contributed by atoms with Gasteiger partial charge in [0.15, 0.2) is 6.04 Å². The molecule has 0 saturated carbocycles. The Labute approximate surface area is 167 Å². The molecule has 2 rings (SSSR count). The number of carbonyl (C=O) groups is 3. The summed E-state index contributed by atoms with van der Waals surface area (Å²) in [5, 5.41) is 0. The minimum atomic E-state index is -4.70. The quantitative estimate of drug-likeness (QED) is 0.754. The van der Waals surface area contributed by atoms with Gasteiger partial charge in [0.1, 0.15) is 5.60 Å². The van der Waals surface area contributed by atoms with Crippen molar-refractivity contribution in [3.8, 4) is 0 Å². The van der Waals surface area contributed by atoms with Gasteiger partial charge in [-0.3, -0.25) is 9.59 Å². The predicted octanol–water partition coefficient (Wildman–Crippen LogP) is 3.84. The van der Waals surface area contributed by atoms with Gasteiger partial charge in [-0.05, 0) is 33.3 Å². The molecule has 0 aromatic heterocycles. The number of hydrogen-bond donors (Lipinski definition) is 0. The van der Waals surface area contributed by atoms with E-state index in [9.17, 15) is 27.6 Å². The Morgan fingerprint density at radius 2 is 1.72 bits per heavy atom. The van der Waals surface area contributed by atoms with Crippen LogP contribution in [0.15, 0.2) is 24.3 Å². The van der Waals surface area contributed by atoms with Crippen LogP contribution >= 0.6 is 0 Å². The first kappa shape index (κ1) is 22.7. The molecule has 1 fully saturated rings. The third-order valence-electron chi connectivity index (χ3n) is 4.53. The van der Waals surface area contributed by atoms with Crippen molar-refractivity contribution in [3.63, 3.8) is 0 Å². The smallest absolute Gasteiger partial charge is 0.417 e. The van der Waals surface area contributed by atoms with Gasteiger partial charge in [-0.1, -0.05) is 29.8 Å². The van der Waals surface area contributed by atoms with Crippen molar-refractivity contribution in [1.82, 2.24) is 9.80 Å². The zero-order chi connectivity index (χ0) is 22.1. The monoisotopic (exact) mass is 414 g/mol. The Balaban J connectivity index is 2.20. The number of alkyl halides is 3. The molecule has 1 aromatic carbocycles. The lowest BCUT2D eigenvalue weighted by atomic mass is 10.0. The molecule has 0 unspecified atom stereocenters. The number of rotatable bonds is 3. The number of aryl methyl sites for hydroxylation is 1. The number of ether oxygens (including phenoxy) is 1. The van der Waals surface area contributed by atoms with E-state index in [1.165, 1.54) is 24.3 Å². The van der Waals surface area contributed by atoms with E-state index in [0.29, 0.717) is 4.90 Å². The van der Waals surface area contributed by atoms with E-state index < -0.39 is 41.6 Å². The second-order valence-corrected chi connectivity index (χ2v) is 8.19. The summed E-state index contributed by atoms with van der Waals surface area (Å²) in [7, 11) is 1.06. The van der Waals surface area contributed by atoms with E-state index in [-0.39, 0.29) is 18.5 Å². The summed E-state index contributed by atoms with van der Waals surface area (Å²) in [4.78, 5) is 38.4. The molecular weight excluding hydrogens is 389 g/mol. The van der Waals surface area contributed by atoms with E-state index in [0.717, 1.165) is 17.5 Å². The second kappa shape index (κ2) is 8.04. The maximum absolute atomic E-state index is 13.7. The molecule has 1 heterocycles. The Hall–Kier alpha value is -2.58. The molecule has 1 aliphatic heterocycles. The van der Waals surface area contributed by atoms with E-state index in [2.05, 4.69) is 0 Å². The third-order valence-corrected chi connectivity index (χ3v) is 4.53. The summed E-state index contributed by atoms with van der Waals surface area (Å²) in [6.45, 7) is 6.30. The highest BCUT2D eigenvalue weighted by Crippen LogP contribution is 2.38. The van der Waals surface area contributed by atoms with Gasteiger partial charge in [0.25, 0.3) is 0 Å². The van der Waals surface area contributed by atoms with Crippen LogP contribution in [0.1, 0.15) is 44.4 Å². The first-order valence-corrected chi connectivity index (χ1v) is 9.14. The molecule has 6 nitrogen and oxygen atoms in total. The van der Waals surface area contributed by atoms with Crippen LogP contribution in [-0.2, 0) is 14.3 Å². The van der Waals surface area contributed by atoms with Crippen LogP contribution < -0.4 is 0 Å². The number of likely N-dealkylation sites (tertiary alicyclic amines) is 1. The van der Waals surface area contributed by atoms with Crippen LogP contribution in [0.3, 0.4) is 0 Å². The highest BCUT2D eigenvalue weighted by molar-refractivity contribution is 5.98. The summed E-state index contributed by atoms with van der Waals surface area (Å²) in [6.07, 6.45) is -5.96. The Morgan fingerprint density at radius 3 is 2.21 bits per heavy atom. The molecule has 9 heteroatoms. The zero-order valence-electron chi connectivity index (χ0n) is 17.0. The van der Waals surface area contributed by atoms with E-state index in [4.69, 9.17) is 4.74 Å². The third kappa shape index (κ3) is 5.48.